The van der Waals surface area contributed by atoms with Crippen LogP contribution in [0.25, 0.3) is 0 Å². The van der Waals surface area contributed by atoms with Crippen molar-refractivity contribution >= 4 is 5.97 Å². The van der Waals surface area contributed by atoms with E-state index in [-0.39, 0.29) is 5.76 Å². The molecule has 1 aromatic carbocycles. The zero-order valence-corrected chi connectivity index (χ0v) is 6.81. The minimum Gasteiger partial charge on any atom is -0.502 e. The average molecular weight is 176 g/mol. The average Bonchev–Trinajstić information content (AvgIpc) is 2.49. The second-order valence-electron chi connectivity index (χ2n) is 2.79. The van der Waals surface area contributed by atoms with Gasteiger partial charge in [-0.1, -0.05) is 30.3 Å². The molecular weight excluding hydrogens is 168 g/mol. The Bertz CT molecular complexity index is 354. The van der Waals surface area contributed by atoms with Crippen molar-refractivity contribution in [1.82, 2.24) is 0 Å². The number of esters is 1. The van der Waals surface area contributed by atoms with Gasteiger partial charge in [0.2, 0.25) is 5.76 Å². The predicted molar refractivity (Wildman–Crippen MR) is 46.0 cm³/mol. The molecular formula is C10H8O3. The predicted octanol–water partition coefficient (Wildman–Crippen LogP) is 1.73. The third-order valence-electron chi connectivity index (χ3n) is 1.88. The van der Waals surface area contributed by atoms with E-state index < -0.39 is 12.1 Å². The lowest BCUT2D eigenvalue weighted by Crippen LogP contribution is -2.01. The van der Waals surface area contributed by atoms with E-state index >= 15 is 0 Å². The molecule has 1 aromatic rings. The van der Waals surface area contributed by atoms with Crippen LogP contribution in [0.2, 0.25) is 0 Å². The van der Waals surface area contributed by atoms with Crippen molar-refractivity contribution < 1.29 is 14.6 Å². The second-order valence-corrected chi connectivity index (χ2v) is 2.79. The van der Waals surface area contributed by atoms with E-state index in [1.807, 2.05) is 30.3 Å². The number of carbonyl (C=O) groups is 1. The third kappa shape index (κ3) is 1.40. The first-order valence-corrected chi connectivity index (χ1v) is 3.94. The molecule has 0 fully saturated rings. The molecule has 0 spiro atoms. The zero-order chi connectivity index (χ0) is 9.26. The molecule has 3 heteroatoms. The maximum atomic E-state index is 10.8. The summed E-state index contributed by atoms with van der Waals surface area (Å²) in [7, 11) is 0. The summed E-state index contributed by atoms with van der Waals surface area (Å²) < 4.78 is 4.88. The van der Waals surface area contributed by atoms with Gasteiger partial charge < -0.3 is 9.84 Å². The minimum atomic E-state index is -0.658. The van der Waals surface area contributed by atoms with E-state index in [0.717, 1.165) is 5.56 Å². The van der Waals surface area contributed by atoms with Gasteiger partial charge in [-0.3, -0.25) is 0 Å². The van der Waals surface area contributed by atoms with Gasteiger partial charge in [0.05, 0.1) is 0 Å². The molecule has 1 atom stereocenters. The zero-order valence-electron chi connectivity index (χ0n) is 6.81. The topological polar surface area (TPSA) is 46.5 Å². The Morgan fingerprint density at radius 3 is 2.46 bits per heavy atom. The Labute approximate surface area is 75.3 Å². The lowest BCUT2D eigenvalue weighted by molar-refractivity contribution is -0.142. The maximum Gasteiger partial charge on any atom is 0.374 e. The van der Waals surface area contributed by atoms with Crippen molar-refractivity contribution in [2.24, 2.45) is 0 Å². The van der Waals surface area contributed by atoms with Gasteiger partial charge in [-0.15, -0.1) is 0 Å². The first-order chi connectivity index (χ1) is 6.27. The highest BCUT2D eigenvalue weighted by molar-refractivity contribution is 5.88. The molecule has 3 nitrogen and oxygen atoms in total. The summed E-state index contributed by atoms with van der Waals surface area (Å²) in [5.74, 6) is -0.970. The third-order valence-corrected chi connectivity index (χ3v) is 1.88. The van der Waals surface area contributed by atoms with Crippen LogP contribution in [0.3, 0.4) is 0 Å². The summed E-state index contributed by atoms with van der Waals surface area (Å²) in [6.07, 6.45) is 0.964. The van der Waals surface area contributed by atoms with Crippen LogP contribution in [-0.2, 0) is 9.53 Å². The minimum absolute atomic E-state index is 0.311. The number of aliphatic hydroxyl groups is 1. The van der Waals surface area contributed by atoms with Crippen LogP contribution in [0.1, 0.15) is 11.7 Å². The van der Waals surface area contributed by atoms with Crippen molar-refractivity contribution in [3.05, 3.63) is 47.7 Å². The molecule has 1 heterocycles. The fourth-order valence-electron chi connectivity index (χ4n) is 1.23. The molecule has 1 unspecified atom stereocenters. The van der Waals surface area contributed by atoms with Crippen molar-refractivity contribution in [3.63, 3.8) is 0 Å². The molecule has 0 aromatic heterocycles. The first-order valence-electron chi connectivity index (χ1n) is 3.94. The van der Waals surface area contributed by atoms with Crippen molar-refractivity contribution in [1.29, 1.82) is 0 Å². The largest absolute Gasteiger partial charge is 0.502 e. The molecule has 1 aliphatic heterocycles. The molecule has 0 radical (unpaired) electrons. The number of benzene rings is 1. The molecule has 2 rings (SSSR count). The van der Waals surface area contributed by atoms with Crippen molar-refractivity contribution in [2.75, 3.05) is 0 Å². The lowest BCUT2D eigenvalue weighted by atomic mass is 10.1. The monoisotopic (exact) mass is 176 g/mol. The van der Waals surface area contributed by atoms with E-state index in [1.165, 1.54) is 6.08 Å². The van der Waals surface area contributed by atoms with Gasteiger partial charge in [0.1, 0.15) is 6.10 Å². The van der Waals surface area contributed by atoms with Crippen molar-refractivity contribution in [3.8, 4) is 0 Å². The van der Waals surface area contributed by atoms with E-state index in [9.17, 15) is 4.79 Å². The summed E-state index contributed by atoms with van der Waals surface area (Å²) in [6.45, 7) is 0. The number of rotatable bonds is 1. The Morgan fingerprint density at radius 2 is 1.92 bits per heavy atom. The van der Waals surface area contributed by atoms with E-state index in [2.05, 4.69) is 0 Å². The van der Waals surface area contributed by atoms with Gasteiger partial charge in [0.15, 0.2) is 0 Å². The van der Waals surface area contributed by atoms with Crippen LogP contribution < -0.4 is 0 Å². The van der Waals surface area contributed by atoms with Crippen LogP contribution in [0.5, 0.6) is 0 Å². The van der Waals surface area contributed by atoms with Crippen LogP contribution in [-0.4, -0.2) is 11.1 Å². The Hall–Kier alpha value is -1.77. The maximum absolute atomic E-state index is 10.8. The lowest BCUT2D eigenvalue weighted by Gasteiger charge is -2.06. The number of hydrogen-bond acceptors (Lipinski definition) is 3. The van der Waals surface area contributed by atoms with Crippen molar-refractivity contribution in [2.45, 2.75) is 6.10 Å². The first kappa shape index (κ1) is 7.86. The summed E-state index contributed by atoms with van der Waals surface area (Å²) in [6, 6.07) is 9.27. The highest BCUT2D eigenvalue weighted by atomic mass is 16.6. The smallest absolute Gasteiger partial charge is 0.374 e. The number of aliphatic hydroxyl groups excluding tert-OH is 1. The molecule has 13 heavy (non-hydrogen) atoms. The fraction of sp³-hybridized carbons (Fsp3) is 0.100. The summed E-state index contributed by atoms with van der Waals surface area (Å²) in [5.41, 5.74) is 0.861. The number of carbonyl (C=O) groups excluding carboxylic acids is 1. The molecule has 0 saturated carbocycles. The standard InChI is InChI=1S/C10H8O3/c11-8-6-9(13-10(8)12)7-4-2-1-3-5-7/h1-6,9,11H. The quantitative estimate of drug-likeness (QED) is 0.663. The van der Waals surface area contributed by atoms with Gasteiger partial charge in [-0.2, -0.15) is 0 Å². The molecule has 0 saturated heterocycles. The van der Waals surface area contributed by atoms with Gasteiger partial charge in [-0.25, -0.2) is 4.79 Å². The second kappa shape index (κ2) is 2.94. The number of hydrogen-bond donors (Lipinski definition) is 1. The summed E-state index contributed by atoms with van der Waals surface area (Å²) in [4.78, 5) is 10.8. The summed E-state index contributed by atoms with van der Waals surface area (Å²) >= 11 is 0. The van der Waals surface area contributed by atoms with Crippen LogP contribution in [0.15, 0.2) is 42.2 Å². The van der Waals surface area contributed by atoms with E-state index in [0.29, 0.717) is 0 Å². The van der Waals surface area contributed by atoms with Crippen LogP contribution >= 0.6 is 0 Å². The Morgan fingerprint density at radius 1 is 1.23 bits per heavy atom. The number of cyclic esters (lactones) is 1. The van der Waals surface area contributed by atoms with Gasteiger partial charge in [0, 0.05) is 6.08 Å². The van der Waals surface area contributed by atoms with Crippen LogP contribution in [0, 0.1) is 0 Å². The SMILES string of the molecule is O=C1OC(c2ccccc2)C=C1O. The van der Waals surface area contributed by atoms with Gasteiger partial charge >= 0.3 is 5.97 Å². The van der Waals surface area contributed by atoms with E-state index in [1.54, 1.807) is 0 Å². The normalized spacial score (nSPS) is 21.1. The van der Waals surface area contributed by atoms with Crippen LogP contribution in [0.4, 0.5) is 0 Å². The number of ether oxygens (including phenoxy) is 1. The molecule has 0 bridgehead atoms. The Kier molecular flexibility index (Phi) is 1.77. The highest BCUT2D eigenvalue weighted by Crippen LogP contribution is 2.25. The molecule has 0 amide bonds. The van der Waals surface area contributed by atoms with Gasteiger partial charge in [0.25, 0.3) is 0 Å². The van der Waals surface area contributed by atoms with E-state index in [4.69, 9.17) is 9.84 Å². The fourth-order valence-corrected chi connectivity index (χ4v) is 1.23. The Balaban J connectivity index is 2.27. The molecule has 1 aliphatic rings. The van der Waals surface area contributed by atoms with Gasteiger partial charge in [-0.05, 0) is 5.56 Å². The summed E-state index contributed by atoms with van der Waals surface area (Å²) in [5, 5.41) is 9.02. The highest BCUT2D eigenvalue weighted by Gasteiger charge is 2.25. The molecule has 1 N–H and O–H groups in total. The molecule has 0 aliphatic carbocycles. The molecule has 66 valence electrons.